The minimum absolute atomic E-state index is 0.137. The van der Waals surface area contributed by atoms with Crippen LogP contribution in [0.25, 0.3) is 0 Å². The maximum atomic E-state index is 11.3. The van der Waals surface area contributed by atoms with E-state index in [0.717, 1.165) is 17.1 Å². The van der Waals surface area contributed by atoms with Gasteiger partial charge >= 0.3 is 0 Å². The van der Waals surface area contributed by atoms with Crippen molar-refractivity contribution in [2.24, 2.45) is 5.92 Å². The maximum Gasteiger partial charge on any atom is 0.220 e. The Morgan fingerprint density at radius 3 is 2.87 bits per heavy atom. The summed E-state index contributed by atoms with van der Waals surface area (Å²) in [4.78, 5) is 15.7. The summed E-state index contributed by atoms with van der Waals surface area (Å²) < 4.78 is 0. The number of hydrogen-bond donors (Lipinski definition) is 1. The molecule has 15 heavy (non-hydrogen) atoms. The highest BCUT2D eigenvalue weighted by Gasteiger charge is 2.04. The van der Waals surface area contributed by atoms with E-state index in [0.29, 0.717) is 18.9 Å². The number of amides is 1. The van der Waals surface area contributed by atoms with E-state index < -0.39 is 0 Å². The standard InChI is InChI=1S/C11H18N2OS/c1-8(2)6-10(14)12-5-4-11-13-9(3)7-15-11/h7-8H,4-6H2,1-3H3,(H,12,14). The molecule has 1 aromatic heterocycles. The second-order valence-electron chi connectivity index (χ2n) is 4.08. The topological polar surface area (TPSA) is 42.0 Å². The number of rotatable bonds is 5. The van der Waals surface area contributed by atoms with Crippen LogP contribution in [0.3, 0.4) is 0 Å². The van der Waals surface area contributed by atoms with E-state index in [9.17, 15) is 4.79 Å². The van der Waals surface area contributed by atoms with E-state index in [-0.39, 0.29) is 5.91 Å². The number of nitrogens with one attached hydrogen (secondary N) is 1. The smallest absolute Gasteiger partial charge is 0.220 e. The molecular formula is C11H18N2OS. The third-order valence-corrected chi connectivity index (χ3v) is 2.95. The molecule has 0 spiro atoms. The fourth-order valence-corrected chi connectivity index (χ4v) is 2.05. The van der Waals surface area contributed by atoms with E-state index in [1.165, 1.54) is 0 Å². The van der Waals surface area contributed by atoms with Crippen molar-refractivity contribution in [1.82, 2.24) is 10.3 Å². The zero-order valence-electron chi connectivity index (χ0n) is 9.54. The predicted octanol–water partition coefficient (Wildman–Crippen LogP) is 2.16. The lowest BCUT2D eigenvalue weighted by atomic mass is 10.1. The molecule has 3 nitrogen and oxygen atoms in total. The Balaban J connectivity index is 2.19. The summed E-state index contributed by atoms with van der Waals surface area (Å²) in [5.74, 6) is 0.561. The first-order valence-corrected chi connectivity index (χ1v) is 6.13. The van der Waals surface area contributed by atoms with Crippen molar-refractivity contribution >= 4 is 17.2 Å². The molecule has 0 aliphatic heterocycles. The number of aryl methyl sites for hydroxylation is 1. The summed E-state index contributed by atoms with van der Waals surface area (Å²) in [5, 5.41) is 6.03. The molecule has 0 saturated heterocycles. The van der Waals surface area contributed by atoms with Gasteiger partial charge in [0.25, 0.3) is 0 Å². The first kappa shape index (κ1) is 12.2. The van der Waals surface area contributed by atoms with Gasteiger partial charge in [0.05, 0.1) is 5.01 Å². The first-order valence-electron chi connectivity index (χ1n) is 5.25. The van der Waals surface area contributed by atoms with Gasteiger partial charge in [0, 0.05) is 30.5 Å². The summed E-state index contributed by atoms with van der Waals surface area (Å²) in [6.07, 6.45) is 1.44. The van der Waals surface area contributed by atoms with E-state index in [1.807, 2.05) is 26.2 Å². The molecule has 4 heteroatoms. The van der Waals surface area contributed by atoms with Crippen LogP contribution in [0.15, 0.2) is 5.38 Å². The van der Waals surface area contributed by atoms with E-state index >= 15 is 0 Å². The largest absolute Gasteiger partial charge is 0.356 e. The lowest BCUT2D eigenvalue weighted by molar-refractivity contribution is -0.121. The molecule has 1 rings (SSSR count). The molecule has 0 unspecified atom stereocenters. The highest BCUT2D eigenvalue weighted by Crippen LogP contribution is 2.08. The Morgan fingerprint density at radius 1 is 1.60 bits per heavy atom. The van der Waals surface area contributed by atoms with Crippen LogP contribution in [0.1, 0.15) is 31.0 Å². The molecular weight excluding hydrogens is 208 g/mol. The third-order valence-electron chi connectivity index (χ3n) is 1.92. The molecule has 0 fully saturated rings. The van der Waals surface area contributed by atoms with Crippen LogP contribution < -0.4 is 5.32 Å². The second kappa shape index (κ2) is 5.85. The lowest BCUT2D eigenvalue weighted by Gasteiger charge is -2.05. The molecule has 0 saturated carbocycles. The molecule has 1 aromatic rings. The highest BCUT2D eigenvalue weighted by molar-refractivity contribution is 7.09. The van der Waals surface area contributed by atoms with Crippen LogP contribution in [0.4, 0.5) is 0 Å². The van der Waals surface area contributed by atoms with Crippen molar-refractivity contribution in [3.05, 3.63) is 16.1 Å². The average Bonchev–Trinajstić information content (AvgIpc) is 2.50. The zero-order chi connectivity index (χ0) is 11.3. The monoisotopic (exact) mass is 226 g/mol. The maximum absolute atomic E-state index is 11.3. The van der Waals surface area contributed by atoms with Gasteiger partial charge in [0.15, 0.2) is 0 Å². The molecule has 0 bridgehead atoms. The van der Waals surface area contributed by atoms with Gasteiger partial charge in [-0.1, -0.05) is 13.8 Å². The van der Waals surface area contributed by atoms with Gasteiger partial charge in [-0.3, -0.25) is 4.79 Å². The van der Waals surface area contributed by atoms with Gasteiger partial charge in [-0.25, -0.2) is 4.98 Å². The number of nitrogens with zero attached hydrogens (tertiary/aromatic N) is 1. The van der Waals surface area contributed by atoms with Crippen LogP contribution in [0.2, 0.25) is 0 Å². The minimum Gasteiger partial charge on any atom is -0.356 e. The van der Waals surface area contributed by atoms with Crippen LogP contribution in [-0.4, -0.2) is 17.4 Å². The third kappa shape index (κ3) is 4.93. The predicted molar refractivity (Wildman–Crippen MR) is 63.0 cm³/mol. The summed E-state index contributed by atoms with van der Waals surface area (Å²) in [5.41, 5.74) is 1.06. The SMILES string of the molecule is Cc1csc(CCNC(=O)CC(C)C)n1. The Hall–Kier alpha value is -0.900. The van der Waals surface area contributed by atoms with E-state index in [1.54, 1.807) is 11.3 Å². The minimum atomic E-state index is 0.137. The zero-order valence-corrected chi connectivity index (χ0v) is 10.4. The van der Waals surface area contributed by atoms with Crippen LogP contribution >= 0.6 is 11.3 Å². The summed E-state index contributed by atoms with van der Waals surface area (Å²) in [7, 11) is 0. The van der Waals surface area contributed by atoms with Crippen LogP contribution in [0, 0.1) is 12.8 Å². The van der Waals surface area contributed by atoms with Gasteiger partial charge in [-0.05, 0) is 12.8 Å². The molecule has 0 aromatic carbocycles. The normalized spacial score (nSPS) is 10.7. The number of carbonyl (C=O) groups is 1. The number of hydrogen-bond acceptors (Lipinski definition) is 3. The van der Waals surface area contributed by atoms with Gasteiger partial charge in [0.1, 0.15) is 0 Å². The Bertz CT molecular complexity index is 320. The van der Waals surface area contributed by atoms with Gasteiger partial charge in [0.2, 0.25) is 5.91 Å². The number of carbonyl (C=O) groups excluding carboxylic acids is 1. The average molecular weight is 226 g/mol. The Labute approximate surface area is 94.9 Å². The Kier molecular flexibility index (Phi) is 4.75. The molecule has 1 N–H and O–H groups in total. The van der Waals surface area contributed by atoms with Crippen molar-refractivity contribution in [1.29, 1.82) is 0 Å². The van der Waals surface area contributed by atoms with Crippen molar-refractivity contribution < 1.29 is 4.79 Å². The second-order valence-corrected chi connectivity index (χ2v) is 5.02. The first-order chi connectivity index (χ1) is 7.08. The molecule has 0 aliphatic rings. The van der Waals surface area contributed by atoms with Crippen LogP contribution in [0.5, 0.6) is 0 Å². The molecule has 1 heterocycles. The van der Waals surface area contributed by atoms with Crippen molar-refractivity contribution in [3.8, 4) is 0 Å². The lowest BCUT2D eigenvalue weighted by Crippen LogP contribution is -2.26. The quantitative estimate of drug-likeness (QED) is 0.836. The highest BCUT2D eigenvalue weighted by atomic mass is 32.1. The molecule has 84 valence electrons. The molecule has 0 atom stereocenters. The van der Waals surface area contributed by atoms with Crippen molar-refractivity contribution in [2.75, 3.05) is 6.54 Å². The fraction of sp³-hybridized carbons (Fsp3) is 0.636. The molecule has 0 aliphatic carbocycles. The summed E-state index contributed by atoms with van der Waals surface area (Å²) in [6, 6.07) is 0. The number of aromatic nitrogens is 1. The van der Waals surface area contributed by atoms with Crippen LogP contribution in [-0.2, 0) is 11.2 Å². The van der Waals surface area contributed by atoms with Gasteiger partial charge in [-0.15, -0.1) is 11.3 Å². The van der Waals surface area contributed by atoms with Gasteiger partial charge in [-0.2, -0.15) is 0 Å². The van der Waals surface area contributed by atoms with Crippen molar-refractivity contribution in [3.63, 3.8) is 0 Å². The Morgan fingerprint density at radius 2 is 2.33 bits per heavy atom. The summed E-state index contributed by atoms with van der Waals surface area (Å²) in [6.45, 7) is 6.77. The van der Waals surface area contributed by atoms with E-state index in [2.05, 4.69) is 10.3 Å². The molecule has 1 amide bonds. The van der Waals surface area contributed by atoms with E-state index in [4.69, 9.17) is 0 Å². The van der Waals surface area contributed by atoms with Crippen molar-refractivity contribution in [2.45, 2.75) is 33.6 Å². The molecule has 0 radical (unpaired) electrons. The summed E-state index contributed by atoms with van der Waals surface area (Å²) >= 11 is 1.65. The number of thiazole rings is 1. The fourth-order valence-electron chi connectivity index (χ4n) is 1.27. The van der Waals surface area contributed by atoms with Gasteiger partial charge < -0.3 is 5.32 Å².